The molecule has 1 aliphatic heterocycles. The van der Waals surface area contributed by atoms with E-state index in [1.165, 1.54) is 16.2 Å². The van der Waals surface area contributed by atoms with Gasteiger partial charge in [-0.25, -0.2) is 9.78 Å². The van der Waals surface area contributed by atoms with Crippen molar-refractivity contribution in [3.63, 3.8) is 0 Å². The van der Waals surface area contributed by atoms with Crippen LogP contribution in [0.15, 0.2) is 34.9 Å². The van der Waals surface area contributed by atoms with Crippen LogP contribution in [0.1, 0.15) is 47.3 Å². The summed E-state index contributed by atoms with van der Waals surface area (Å²) in [5.41, 5.74) is 0.317. The Bertz CT molecular complexity index is 1140. The van der Waals surface area contributed by atoms with Gasteiger partial charge in [-0.1, -0.05) is 37.2 Å². The predicted molar refractivity (Wildman–Crippen MR) is 110 cm³/mol. The van der Waals surface area contributed by atoms with Gasteiger partial charge in [0.05, 0.1) is 0 Å². The number of nitrogens with zero attached hydrogens (tertiary/aromatic N) is 3. The number of aromatic carboxylic acids is 1. The van der Waals surface area contributed by atoms with E-state index < -0.39 is 17.5 Å². The zero-order valence-corrected chi connectivity index (χ0v) is 17.6. The third kappa shape index (κ3) is 3.29. The molecule has 1 saturated heterocycles. The molecular formula is C21H21N3O5S. The number of amides is 1. The van der Waals surface area contributed by atoms with Gasteiger partial charge in [0.1, 0.15) is 10.7 Å². The van der Waals surface area contributed by atoms with Crippen LogP contribution in [-0.4, -0.2) is 50.7 Å². The SMILES string of the molecule is CC(C)c1sc(-c2cccc(-c3cc(C4(O)CCN(C)C4=O)on3)c2)nc1C(=O)O. The molecule has 156 valence electrons. The average molecular weight is 427 g/mol. The molecule has 0 spiro atoms. The van der Waals surface area contributed by atoms with Crippen molar-refractivity contribution in [1.29, 1.82) is 0 Å². The second-order valence-electron chi connectivity index (χ2n) is 7.69. The van der Waals surface area contributed by atoms with Crippen LogP contribution in [0.5, 0.6) is 0 Å². The van der Waals surface area contributed by atoms with E-state index in [-0.39, 0.29) is 23.8 Å². The van der Waals surface area contributed by atoms with E-state index >= 15 is 0 Å². The first-order valence-electron chi connectivity index (χ1n) is 9.50. The van der Waals surface area contributed by atoms with E-state index in [4.69, 9.17) is 4.52 Å². The quantitative estimate of drug-likeness (QED) is 0.641. The minimum atomic E-state index is -1.70. The smallest absolute Gasteiger partial charge is 0.355 e. The van der Waals surface area contributed by atoms with Crippen molar-refractivity contribution >= 4 is 23.2 Å². The number of thiazole rings is 1. The van der Waals surface area contributed by atoms with Gasteiger partial charge in [0.2, 0.25) is 5.60 Å². The summed E-state index contributed by atoms with van der Waals surface area (Å²) in [5.74, 6) is -1.30. The number of carbonyl (C=O) groups excluding carboxylic acids is 1. The summed E-state index contributed by atoms with van der Waals surface area (Å²) in [6.07, 6.45) is 0.242. The molecule has 0 saturated carbocycles. The summed E-state index contributed by atoms with van der Waals surface area (Å²) in [5, 5.41) is 24.8. The van der Waals surface area contributed by atoms with E-state index in [1.54, 1.807) is 13.1 Å². The Kier molecular flexibility index (Phi) is 4.95. The minimum absolute atomic E-state index is 0.0476. The maximum absolute atomic E-state index is 12.3. The lowest BCUT2D eigenvalue weighted by atomic mass is 9.98. The molecule has 2 aromatic heterocycles. The summed E-state index contributed by atoms with van der Waals surface area (Å²) < 4.78 is 5.32. The molecule has 3 heterocycles. The zero-order valence-electron chi connectivity index (χ0n) is 16.7. The Morgan fingerprint density at radius 1 is 1.30 bits per heavy atom. The van der Waals surface area contributed by atoms with Crippen LogP contribution in [0.3, 0.4) is 0 Å². The van der Waals surface area contributed by atoms with E-state index in [0.717, 1.165) is 10.4 Å². The van der Waals surface area contributed by atoms with Crippen molar-refractivity contribution in [3.8, 4) is 21.8 Å². The number of carboxylic acid groups (broad SMARTS) is 1. The molecule has 8 nitrogen and oxygen atoms in total. The molecule has 9 heteroatoms. The second-order valence-corrected chi connectivity index (χ2v) is 8.72. The molecule has 1 atom stereocenters. The highest BCUT2D eigenvalue weighted by atomic mass is 32.1. The maximum Gasteiger partial charge on any atom is 0.355 e. The molecule has 1 amide bonds. The molecule has 4 rings (SSSR count). The summed E-state index contributed by atoms with van der Waals surface area (Å²) in [7, 11) is 1.63. The van der Waals surface area contributed by atoms with Gasteiger partial charge in [0.15, 0.2) is 11.5 Å². The van der Waals surface area contributed by atoms with Gasteiger partial charge in [-0.3, -0.25) is 4.79 Å². The zero-order chi connectivity index (χ0) is 21.6. The fraction of sp³-hybridized carbons (Fsp3) is 0.333. The van der Waals surface area contributed by atoms with Gasteiger partial charge < -0.3 is 19.6 Å². The van der Waals surface area contributed by atoms with Crippen LogP contribution in [0.25, 0.3) is 21.8 Å². The van der Waals surface area contributed by atoms with Crippen molar-refractivity contribution in [2.24, 2.45) is 0 Å². The van der Waals surface area contributed by atoms with Crippen molar-refractivity contribution in [2.75, 3.05) is 13.6 Å². The molecule has 30 heavy (non-hydrogen) atoms. The number of likely N-dealkylation sites (tertiary alicyclic amines) is 1. The van der Waals surface area contributed by atoms with Crippen molar-refractivity contribution in [2.45, 2.75) is 31.8 Å². The Balaban J connectivity index is 1.69. The van der Waals surface area contributed by atoms with E-state index in [0.29, 0.717) is 22.8 Å². The summed E-state index contributed by atoms with van der Waals surface area (Å²) in [6, 6.07) is 8.90. The first-order chi connectivity index (χ1) is 14.2. The van der Waals surface area contributed by atoms with Gasteiger partial charge in [-0.05, 0) is 12.0 Å². The summed E-state index contributed by atoms with van der Waals surface area (Å²) in [4.78, 5) is 30.3. The normalized spacial score (nSPS) is 19.1. The van der Waals surface area contributed by atoms with Crippen molar-refractivity contribution in [1.82, 2.24) is 15.0 Å². The van der Waals surface area contributed by atoms with Gasteiger partial charge in [-0.2, -0.15) is 0 Å². The van der Waals surface area contributed by atoms with E-state index in [2.05, 4.69) is 10.1 Å². The number of aliphatic hydroxyl groups is 1. The Labute approximate surface area is 176 Å². The number of aromatic nitrogens is 2. The summed E-state index contributed by atoms with van der Waals surface area (Å²) in [6.45, 7) is 4.31. The molecule has 3 aromatic rings. The molecule has 1 aromatic carbocycles. The predicted octanol–water partition coefficient (Wildman–Crippen LogP) is 3.34. The lowest BCUT2D eigenvalue weighted by Crippen LogP contribution is -2.35. The van der Waals surface area contributed by atoms with Crippen LogP contribution >= 0.6 is 11.3 Å². The lowest BCUT2D eigenvalue weighted by Gasteiger charge is -2.16. The molecule has 0 bridgehead atoms. The first kappa shape index (κ1) is 20.2. The van der Waals surface area contributed by atoms with Crippen molar-refractivity contribution in [3.05, 3.63) is 46.7 Å². The molecule has 2 N–H and O–H groups in total. The molecule has 1 aliphatic rings. The van der Waals surface area contributed by atoms with Crippen LogP contribution < -0.4 is 0 Å². The van der Waals surface area contributed by atoms with Crippen LogP contribution in [0, 0.1) is 0 Å². The number of carboxylic acids is 1. The molecule has 1 fully saturated rings. The topological polar surface area (TPSA) is 117 Å². The highest BCUT2D eigenvalue weighted by Crippen LogP contribution is 2.37. The van der Waals surface area contributed by atoms with E-state index in [1.807, 2.05) is 38.1 Å². The van der Waals surface area contributed by atoms with Crippen molar-refractivity contribution < 1.29 is 24.3 Å². The summed E-state index contributed by atoms with van der Waals surface area (Å²) >= 11 is 1.35. The average Bonchev–Trinajstić information content (AvgIpc) is 3.44. The monoisotopic (exact) mass is 427 g/mol. The Morgan fingerprint density at radius 3 is 2.63 bits per heavy atom. The molecule has 0 aliphatic carbocycles. The second kappa shape index (κ2) is 7.33. The highest BCUT2D eigenvalue weighted by Gasteiger charge is 2.48. The number of hydrogen-bond donors (Lipinski definition) is 2. The Morgan fingerprint density at radius 2 is 2.03 bits per heavy atom. The minimum Gasteiger partial charge on any atom is -0.476 e. The number of likely N-dealkylation sites (N-methyl/N-ethyl adjacent to an activating group) is 1. The molecule has 1 unspecified atom stereocenters. The third-order valence-corrected chi connectivity index (χ3v) is 6.62. The number of rotatable bonds is 5. The third-order valence-electron chi connectivity index (χ3n) is 5.21. The first-order valence-corrected chi connectivity index (χ1v) is 10.3. The van der Waals surface area contributed by atoms with Gasteiger partial charge in [0.25, 0.3) is 5.91 Å². The molecule has 0 radical (unpaired) electrons. The van der Waals surface area contributed by atoms with Crippen LogP contribution in [-0.2, 0) is 10.4 Å². The molecular weight excluding hydrogens is 406 g/mol. The highest BCUT2D eigenvalue weighted by molar-refractivity contribution is 7.15. The van der Waals surface area contributed by atoms with Gasteiger partial charge >= 0.3 is 5.97 Å². The van der Waals surface area contributed by atoms with Crippen LogP contribution in [0.2, 0.25) is 0 Å². The van der Waals surface area contributed by atoms with Gasteiger partial charge in [-0.15, -0.1) is 11.3 Å². The van der Waals surface area contributed by atoms with Gasteiger partial charge in [0, 0.05) is 42.1 Å². The van der Waals surface area contributed by atoms with Crippen LogP contribution in [0.4, 0.5) is 0 Å². The lowest BCUT2D eigenvalue weighted by molar-refractivity contribution is -0.144. The Hall–Kier alpha value is -3.04. The number of hydrogen-bond acceptors (Lipinski definition) is 7. The van der Waals surface area contributed by atoms with E-state index in [9.17, 15) is 19.8 Å². The number of carbonyl (C=O) groups is 2. The standard InChI is InChI=1S/C21H21N3O5S/c1-11(2)17-16(19(25)26)22-18(30-17)13-6-4-5-12(9-13)14-10-15(29-23-14)21(28)7-8-24(3)20(21)27/h4-6,9-11,28H,7-8H2,1-3H3,(H,25,26). The number of benzene rings is 1. The fourth-order valence-corrected chi connectivity index (χ4v) is 4.56. The maximum atomic E-state index is 12.3. The largest absolute Gasteiger partial charge is 0.476 e. The fourth-order valence-electron chi connectivity index (χ4n) is 3.50.